The summed E-state index contributed by atoms with van der Waals surface area (Å²) in [6.07, 6.45) is 0. The van der Waals surface area contributed by atoms with Crippen LogP contribution in [0.3, 0.4) is 0 Å². The molecule has 0 atom stereocenters. The van der Waals surface area contributed by atoms with Crippen LogP contribution >= 0.6 is 22.7 Å². The van der Waals surface area contributed by atoms with E-state index in [1.807, 2.05) is 0 Å². The van der Waals surface area contributed by atoms with Crippen LogP contribution in [0.2, 0.25) is 6.04 Å². The van der Waals surface area contributed by atoms with Crippen LogP contribution in [0.5, 0.6) is 0 Å². The van der Waals surface area contributed by atoms with Crippen molar-refractivity contribution in [2.24, 2.45) is 0 Å². The molecule has 19 heavy (non-hydrogen) atoms. The van der Waals surface area contributed by atoms with E-state index in [9.17, 15) is 8.78 Å². The van der Waals surface area contributed by atoms with Crippen LogP contribution in [0.25, 0.3) is 0 Å². The summed E-state index contributed by atoms with van der Waals surface area (Å²) in [5.41, 5.74) is 0. The molecule has 0 saturated heterocycles. The molecule has 0 aliphatic heterocycles. The Morgan fingerprint density at radius 2 is 1.16 bits per heavy atom. The van der Waals surface area contributed by atoms with Crippen LogP contribution < -0.4 is 10.4 Å². The van der Waals surface area contributed by atoms with Gasteiger partial charge in [0.1, 0.15) is 11.6 Å². The van der Waals surface area contributed by atoms with E-state index in [2.05, 4.69) is 0 Å². The first kappa shape index (κ1) is 14.5. The molecule has 0 bridgehead atoms. The maximum absolute atomic E-state index is 13.0. The molecule has 0 unspecified atom stereocenters. The molecule has 2 rings (SSSR count). The highest BCUT2D eigenvalue weighted by Crippen LogP contribution is 2.17. The van der Waals surface area contributed by atoms with Gasteiger partial charge in [-0.3, -0.25) is 0 Å². The van der Waals surface area contributed by atoms with Crippen molar-refractivity contribution in [1.82, 2.24) is 0 Å². The zero-order valence-electron chi connectivity index (χ0n) is 10.0. The lowest BCUT2D eigenvalue weighted by atomic mass is 10.3. The smallest absolute Gasteiger partial charge is 0.207 e. The summed E-state index contributed by atoms with van der Waals surface area (Å²) in [5, 5.41) is 1.76. The van der Waals surface area contributed by atoms with Crippen molar-refractivity contribution in [1.29, 1.82) is 0 Å². The first-order valence-corrected chi connectivity index (χ1v) is 9.58. The monoisotopic (exact) mass is 316 g/mol. The third kappa shape index (κ3) is 3.16. The first-order chi connectivity index (χ1) is 9.06. The molecule has 0 aliphatic carbocycles. The fraction of sp³-hybridized carbons (Fsp3) is 0.143. The van der Waals surface area contributed by atoms with E-state index in [0.717, 1.165) is 10.4 Å². The highest BCUT2D eigenvalue weighted by Gasteiger charge is 2.34. The standard InChI is InChI=1S/C14H12Cl2F2Si/c15-9-10-19(16,13-5-1-11(17)2-6-13)14-7-3-12(18)4-8-14/h1-8H,9-10H2. The maximum Gasteiger partial charge on any atom is 0.218 e. The van der Waals surface area contributed by atoms with Crippen molar-refractivity contribution in [3.63, 3.8) is 0 Å². The number of alkyl halides is 1. The summed E-state index contributed by atoms with van der Waals surface area (Å²) in [4.78, 5) is 0. The van der Waals surface area contributed by atoms with E-state index in [4.69, 9.17) is 22.7 Å². The molecule has 0 heterocycles. The van der Waals surface area contributed by atoms with E-state index in [0.29, 0.717) is 11.9 Å². The van der Waals surface area contributed by atoms with Crippen molar-refractivity contribution < 1.29 is 8.78 Å². The Bertz CT molecular complexity index is 495. The minimum absolute atomic E-state index is 0.304. The normalized spacial score (nSPS) is 11.6. The number of halogens is 4. The molecule has 2 aromatic carbocycles. The van der Waals surface area contributed by atoms with Gasteiger partial charge in [0.05, 0.1) is 0 Å². The average Bonchev–Trinajstić information content (AvgIpc) is 2.40. The van der Waals surface area contributed by atoms with Crippen molar-refractivity contribution >= 4 is 40.4 Å². The minimum Gasteiger partial charge on any atom is -0.207 e. The summed E-state index contributed by atoms with van der Waals surface area (Å²) in [6.45, 7) is 0. The van der Waals surface area contributed by atoms with Gasteiger partial charge in [-0.05, 0) is 40.7 Å². The second kappa shape index (κ2) is 6.03. The predicted octanol–water partition coefficient (Wildman–Crippen LogP) is 3.50. The van der Waals surface area contributed by atoms with Gasteiger partial charge in [0.25, 0.3) is 0 Å². The lowest BCUT2D eigenvalue weighted by Gasteiger charge is -2.24. The van der Waals surface area contributed by atoms with Crippen molar-refractivity contribution in [3.05, 3.63) is 60.2 Å². The van der Waals surface area contributed by atoms with Gasteiger partial charge in [-0.2, -0.15) is 11.1 Å². The fourth-order valence-electron chi connectivity index (χ4n) is 2.01. The Balaban J connectivity index is 2.47. The molecule has 0 spiro atoms. The highest BCUT2D eigenvalue weighted by atomic mass is 35.6. The van der Waals surface area contributed by atoms with E-state index in [1.54, 1.807) is 24.3 Å². The van der Waals surface area contributed by atoms with E-state index in [-0.39, 0.29) is 11.6 Å². The molecule has 100 valence electrons. The van der Waals surface area contributed by atoms with Gasteiger partial charge in [0.2, 0.25) is 7.38 Å². The first-order valence-electron chi connectivity index (χ1n) is 5.83. The van der Waals surface area contributed by atoms with Gasteiger partial charge < -0.3 is 0 Å². The predicted molar refractivity (Wildman–Crippen MR) is 79.2 cm³/mol. The molecular formula is C14H12Cl2F2Si. The van der Waals surface area contributed by atoms with Gasteiger partial charge >= 0.3 is 0 Å². The average molecular weight is 317 g/mol. The number of rotatable bonds is 4. The van der Waals surface area contributed by atoms with Crippen LogP contribution in [0, 0.1) is 11.6 Å². The zero-order chi connectivity index (χ0) is 13.9. The minimum atomic E-state index is -2.54. The molecule has 0 aliphatic rings. The highest BCUT2D eigenvalue weighted by molar-refractivity contribution is 7.34. The van der Waals surface area contributed by atoms with Crippen LogP contribution in [-0.4, -0.2) is 13.3 Å². The molecule has 5 heteroatoms. The molecule has 0 saturated carbocycles. The Kier molecular flexibility index (Phi) is 4.61. The summed E-state index contributed by atoms with van der Waals surface area (Å²) >= 11 is 12.7. The number of hydrogen-bond acceptors (Lipinski definition) is 0. The molecule has 0 aromatic heterocycles. The van der Waals surface area contributed by atoms with Gasteiger partial charge in [-0.15, -0.1) is 11.6 Å². The van der Waals surface area contributed by atoms with Crippen molar-refractivity contribution in [2.45, 2.75) is 6.04 Å². The molecule has 0 radical (unpaired) electrons. The second-order valence-corrected chi connectivity index (χ2v) is 9.82. The summed E-state index contributed by atoms with van der Waals surface area (Å²) in [5.74, 6) is -0.201. The lowest BCUT2D eigenvalue weighted by molar-refractivity contribution is 0.628. The Labute approximate surface area is 121 Å². The van der Waals surface area contributed by atoms with Crippen LogP contribution in [0.15, 0.2) is 48.5 Å². The maximum atomic E-state index is 13.0. The third-order valence-electron chi connectivity index (χ3n) is 3.04. The number of benzene rings is 2. The van der Waals surface area contributed by atoms with E-state index in [1.165, 1.54) is 24.3 Å². The van der Waals surface area contributed by atoms with Gasteiger partial charge in [0, 0.05) is 5.88 Å². The number of hydrogen-bond donors (Lipinski definition) is 0. The van der Waals surface area contributed by atoms with Crippen LogP contribution in [0.1, 0.15) is 0 Å². The van der Waals surface area contributed by atoms with Gasteiger partial charge in [-0.1, -0.05) is 24.3 Å². The molecule has 0 N–H and O–H groups in total. The molecule has 0 nitrogen and oxygen atoms in total. The molecule has 0 amide bonds. The van der Waals surface area contributed by atoms with Gasteiger partial charge in [-0.25, -0.2) is 8.78 Å². The summed E-state index contributed by atoms with van der Waals surface area (Å²) in [6, 6.07) is 12.9. The SMILES string of the molecule is Fc1ccc([Si](Cl)(CCCl)c2ccc(F)cc2)cc1. The Morgan fingerprint density at radius 3 is 1.47 bits per heavy atom. The summed E-state index contributed by atoms with van der Waals surface area (Å²) in [7, 11) is -2.54. The van der Waals surface area contributed by atoms with Gasteiger partial charge in [0.15, 0.2) is 0 Å². The topological polar surface area (TPSA) is 0 Å². The van der Waals surface area contributed by atoms with Crippen LogP contribution in [0.4, 0.5) is 8.78 Å². The Hall–Kier alpha value is -0.903. The second-order valence-electron chi connectivity index (χ2n) is 4.25. The largest absolute Gasteiger partial charge is 0.218 e. The van der Waals surface area contributed by atoms with Crippen molar-refractivity contribution in [2.75, 3.05) is 5.88 Å². The van der Waals surface area contributed by atoms with E-state index < -0.39 is 7.38 Å². The van der Waals surface area contributed by atoms with E-state index >= 15 is 0 Å². The third-order valence-corrected chi connectivity index (χ3v) is 8.86. The quantitative estimate of drug-likeness (QED) is 0.460. The van der Waals surface area contributed by atoms with Crippen molar-refractivity contribution in [3.8, 4) is 0 Å². The zero-order valence-corrected chi connectivity index (χ0v) is 12.6. The molecule has 2 aromatic rings. The van der Waals surface area contributed by atoms with Crippen LogP contribution in [-0.2, 0) is 0 Å². The Morgan fingerprint density at radius 1 is 0.789 bits per heavy atom. The lowest BCUT2D eigenvalue weighted by Crippen LogP contribution is -2.53. The molecule has 0 fully saturated rings. The summed E-state index contributed by atoms with van der Waals surface area (Å²) < 4.78 is 26.0. The fourth-order valence-corrected chi connectivity index (χ4v) is 6.75. The molecular weight excluding hydrogens is 305 g/mol.